The Bertz CT molecular complexity index is 334. The summed E-state index contributed by atoms with van der Waals surface area (Å²) in [5.41, 5.74) is 1.10. The fraction of sp³-hybridized carbons (Fsp3) is 0.615. The largest absolute Gasteiger partial charge is 0.311 e. The standard InChI is InChI=1S/C13H18BrClN2/c14-11-3-6-13(17-8-11)9-16-7-10-1-4-12(15)5-2-10/h3,6,8,10,12,16H,1-2,4-5,7,9H2. The van der Waals surface area contributed by atoms with Gasteiger partial charge in [-0.3, -0.25) is 4.98 Å². The molecule has 0 aromatic carbocycles. The van der Waals surface area contributed by atoms with E-state index in [1.54, 1.807) is 0 Å². The average molecular weight is 318 g/mol. The lowest BCUT2D eigenvalue weighted by atomic mass is 9.89. The molecule has 0 amide bonds. The summed E-state index contributed by atoms with van der Waals surface area (Å²) < 4.78 is 1.03. The predicted octanol–water partition coefficient (Wildman–Crippen LogP) is 3.73. The van der Waals surface area contributed by atoms with E-state index in [9.17, 15) is 0 Å². The van der Waals surface area contributed by atoms with Crippen molar-refractivity contribution in [2.24, 2.45) is 5.92 Å². The first kappa shape index (κ1) is 13.3. The molecule has 1 aromatic rings. The van der Waals surface area contributed by atoms with E-state index in [0.29, 0.717) is 5.38 Å². The van der Waals surface area contributed by atoms with Gasteiger partial charge in [0, 0.05) is 22.6 Å². The van der Waals surface area contributed by atoms with Gasteiger partial charge in [0.25, 0.3) is 0 Å². The van der Waals surface area contributed by atoms with Crippen LogP contribution in [0.5, 0.6) is 0 Å². The molecule has 0 aliphatic heterocycles. The maximum absolute atomic E-state index is 6.09. The molecule has 17 heavy (non-hydrogen) atoms. The average Bonchev–Trinajstić information content (AvgIpc) is 2.34. The molecule has 0 bridgehead atoms. The van der Waals surface area contributed by atoms with Gasteiger partial charge in [-0.05, 0) is 66.2 Å². The first-order valence-electron chi connectivity index (χ1n) is 6.19. The first-order chi connectivity index (χ1) is 8.24. The highest BCUT2D eigenvalue weighted by molar-refractivity contribution is 9.10. The van der Waals surface area contributed by atoms with Gasteiger partial charge in [0.2, 0.25) is 0 Å². The van der Waals surface area contributed by atoms with E-state index >= 15 is 0 Å². The molecule has 1 saturated carbocycles. The van der Waals surface area contributed by atoms with Gasteiger partial charge >= 0.3 is 0 Å². The molecule has 0 radical (unpaired) electrons. The van der Waals surface area contributed by atoms with E-state index in [4.69, 9.17) is 11.6 Å². The van der Waals surface area contributed by atoms with Crippen molar-refractivity contribution in [1.29, 1.82) is 0 Å². The molecule has 94 valence electrons. The Morgan fingerprint density at radius 3 is 2.71 bits per heavy atom. The molecule has 0 unspecified atom stereocenters. The van der Waals surface area contributed by atoms with Crippen molar-refractivity contribution in [3.05, 3.63) is 28.5 Å². The summed E-state index contributed by atoms with van der Waals surface area (Å²) in [4.78, 5) is 4.34. The molecule has 1 N–H and O–H groups in total. The summed E-state index contributed by atoms with van der Waals surface area (Å²) >= 11 is 9.48. The van der Waals surface area contributed by atoms with Crippen LogP contribution in [-0.2, 0) is 6.54 Å². The van der Waals surface area contributed by atoms with Gasteiger partial charge in [0.05, 0.1) is 5.69 Å². The van der Waals surface area contributed by atoms with Crippen molar-refractivity contribution in [3.63, 3.8) is 0 Å². The van der Waals surface area contributed by atoms with Crippen LogP contribution in [0.25, 0.3) is 0 Å². The van der Waals surface area contributed by atoms with Crippen LogP contribution in [0.4, 0.5) is 0 Å². The van der Waals surface area contributed by atoms with Gasteiger partial charge in [-0.25, -0.2) is 0 Å². The van der Waals surface area contributed by atoms with E-state index < -0.39 is 0 Å². The van der Waals surface area contributed by atoms with Crippen LogP contribution in [0.2, 0.25) is 0 Å². The van der Waals surface area contributed by atoms with Crippen LogP contribution >= 0.6 is 27.5 Å². The quantitative estimate of drug-likeness (QED) is 0.856. The molecule has 0 atom stereocenters. The smallest absolute Gasteiger partial charge is 0.0542 e. The summed E-state index contributed by atoms with van der Waals surface area (Å²) in [6.45, 7) is 1.94. The molecule has 2 nitrogen and oxygen atoms in total. The minimum atomic E-state index is 0.416. The number of pyridine rings is 1. The van der Waals surface area contributed by atoms with Crippen LogP contribution in [0.3, 0.4) is 0 Å². The zero-order valence-electron chi connectivity index (χ0n) is 9.83. The van der Waals surface area contributed by atoms with Crippen LogP contribution in [-0.4, -0.2) is 16.9 Å². The second-order valence-electron chi connectivity index (χ2n) is 4.72. The van der Waals surface area contributed by atoms with Crippen LogP contribution in [0.15, 0.2) is 22.8 Å². The number of hydrogen-bond acceptors (Lipinski definition) is 2. The lowest BCUT2D eigenvalue weighted by molar-refractivity contribution is 0.345. The fourth-order valence-electron chi connectivity index (χ4n) is 2.24. The zero-order chi connectivity index (χ0) is 12.1. The number of nitrogens with one attached hydrogen (secondary N) is 1. The van der Waals surface area contributed by atoms with Crippen molar-refractivity contribution in [1.82, 2.24) is 10.3 Å². The van der Waals surface area contributed by atoms with E-state index in [2.05, 4.69) is 26.2 Å². The van der Waals surface area contributed by atoms with Gasteiger partial charge in [-0.1, -0.05) is 0 Å². The van der Waals surface area contributed by atoms with Gasteiger partial charge in [-0.2, -0.15) is 0 Å². The minimum Gasteiger partial charge on any atom is -0.311 e. The fourth-order valence-corrected chi connectivity index (χ4v) is 2.73. The topological polar surface area (TPSA) is 24.9 Å². The second-order valence-corrected chi connectivity index (χ2v) is 6.25. The minimum absolute atomic E-state index is 0.416. The van der Waals surface area contributed by atoms with E-state index in [1.807, 2.05) is 18.3 Å². The molecule has 1 aromatic heterocycles. The molecular formula is C13H18BrClN2. The first-order valence-corrected chi connectivity index (χ1v) is 7.42. The van der Waals surface area contributed by atoms with E-state index in [-0.39, 0.29) is 0 Å². The lowest BCUT2D eigenvalue weighted by Gasteiger charge is -2.25. The van der Waals surface area contributed by atoms with Crippen molar-refractivity contribution in [2.45, 2.75) is 37.6 Å². The second kappa shape index (κ2) is 6.72. The number of hydrogen-bond donors (Lipinski definition) is 1. The Morgan fingerprint density at radius 2 is 2.06 bits per heavy atom. The van der Waals surface area contributed by atoms with Gasteiger partial charge in [0.15, 0.2) is 0 Å². The van der Waals surface area contributed by atoms with Crippen molar-refractivity contribution < 1.29 is 0 Å². The van der Waals surface area contributed by atoms with Crippen LogP contribution < -0.4 is 5.32 Å². The molecular weight excluding hydrogens is 300 g/mol. The molecule has 0 spiro atoms. The number of alkyl halides is 1. The summed E-state index contributed by atoms with van der Waals surface area (Å²) in [6.07, 6.45) is 6.70. The van der Waals surface area contributed by atoms with E-state index in [1.165, 1.54) is 25.7 Å². The Kier molecular flexibility index (Phi) is 5.26. The van der Waals surface area contributed by atoms with Gasteiger partial charge in [0.1, 0.15) is 0 Å². The number of rotatable bonds is 4. The molecule has 4 heteroatoms. The van der Waals surface area contributed by atoms with Crippen LogP contribution in [0.1, 0.15) is 31.4 Å². The molecule has 1 aliphatic rings. The zero-order valence-corrected chi connectivity index (χ0v) is 12.2. The predicted molar refractivity (Wildman–Crippen MR) is 75.2 cm³/mol. The third-order valence-corrected chi connectivity index (χ3v) is 4.21. The van der Waals surface area contributed by atoms with Crippen molar-refractivity contribution >= 4 is 27.5 Å². The molecule has 2 rings (SSSR count). The molecule has 1 fully saturated rings. The number of nitrogens with zero attached hydrogens (tertiary/aromatic N) is 1. The lowest BCUT2D eigenvalue weighted by Crippen LogP contribution is -2.26. The Hall–Kier alpha value is -0.120. The monoisotopic (exact) mass is 316 g/mol. The Labute approximate surface area is 116 Å². The SMILES string of the molecule is ClC1CCC(CNCc2ccc(Br)cn2)CC1. The van der Waals surface area contributed by atoms with Gasteiger partial charge < -0.3 is 5.32 Å². The Balaban J connectivity index is 1.67. The molecule has 1 heterocycles. The molecule has 1 aliphatic carbocycles. The highest BCUT2D eigenvalue weighted by Crippen LogP contribution is 2.26. The summed E-state index contributed by atoms with van der Waals surface area (Å²) in [7, 11) is 0. The molecule has 0 saturated heterocycles. The maximum atomic E-state index is 6.09. The van der Waals surface area contributed by atoms with Crippen molar-refractivity contribution in [3.8, 4) is 0 Å². The maximum Gasteiger partial charge on any atom is 0.0542 e. The normalized spacial score (nSPS) is 24.8. The number of halogens is 2. The Morgan fingerprint density at radius 1 is 1.29 bits per heavy atom. The highest BCUT2D eigenvalue weighted by Gasteiger charge is 2.18. The summed E-state index contributed by atoms with van der Waals surface area (Å²) in [5.74, 6) is 0.792. The van der Waals surface area contributed by atoms with Crippen molar-refractivity contribution in [2.75, 3.05) is 6.54 Å². The van der Waals surface area contributed by atoms with E-state index in [0.717, 1.165) is 29.2 Å². The third-order valence-electron chi connectivity index (χ3n) is 3.30. The highest BCUT2D eigenvalue weighted by atomic mass is 79.9. The third kappa shape index (κ3) is 4.57. The van der Waals surface area contributed by atoms with Crippen LogP contribution in [0, 0.1) is 5.92 Å². The summed E-state index contributed by atoms with van der Waals surface area (Å²) in [6, 6.07) is 4.08. The number of aromatic nitrogens is 1. The van der Waals surface area contributed by atoms with Gasteiger partial charge in [-0.15, -0.1) is 11.6 Å². The summed E-state index contributed by atoms with van der Waals surface area (Å²) in [5, 5.41) is 3.90.